The lowest BCUT2D eigenvalue weighted by Crippen LogP contribution is -2.19. The molecule has 2 atom stereocenters. The van der Waals surface area contributed by atoms with Crippen LogP contribution in [0.1, 0.15) is 13.3 Å². The van der Waals surface area contributed by atoms with Gasteiger partial charge in [-0.1, -0.05) is 0 Å². The van der Waals surface area contributed by atoms with Crippen LogP contribution in [0.15, 0.2) is 0 Å². The lowest BCUT2D eigenvalue weighted by molar-refractivity contribution is 0.0527. The summed E-state index contributed by atoms with van der Waals surface area (Å²) >= 11 is 0. The van der Waals surface area contributed by atoms with E-state index in [0.29, 0.717) is 18.6 Å². The summed E-state index contributed by atoms with van der Waals surface area (Å²) in [7, 11) is 0. The zero-order valence-corrected chi connectivity index (χ0v) is 5.67. The van der Waals surface area contributed by atoms with Crippen molar-refractivity contribution in [2.45, 2.75) is 19.4 Å². The van der Waals surface area contributed by atoms with Crippen LogP contribution in [0.5, 0.6) is 0 Å². The van der Waals surface area contributed by atoms with Crippen LogP contribution in [0.25, 0.3) is 0 Å². The molecule has 0 spiro atoms. The molecule has 0 aromatic rings. The Kier molecular flexibility index (Phi) is 2.45. The standard InChI is InChI=1S/C6H13NO2/c1-5-6(4-9-7)2-3-8-5/h5-6H,2-4,7H2,1H3. The molecule has 3 nitrogen and oxygen atoms in total. The van der Waals surface area contributed by atoms with E-state index in [0.717, 1.165) is 13.0 Å². The van der Waals surface area contributed by atoms with Crippen molar-refractivity contribution in [1.29, 1.82) is 0 Å². The molecule has 0 amide bonds. The SMILES string of the molecule is CC1OCCC1CON. The van der Waals surface area contributed by atoms with Crippen molar-refractivity contribution < 1.29 is 9.57 Å². The Morgan fingerprint density at radius 1 is 1.78 bits per heavy atom. The van der Waals surface area contributed by atoms with Gasteiger partial charge in [-0.05, 0) is 13.3 Å². The molecule has 1 aliphatic heterocycles. The fourth-order valence-corrected chi connectivity index (χ4v) is 1.12. The summed E-state index contributed by atoms with van der Waals surface area (Å²) in [5.41, 5.74) is 0. The Bertz CT molecular complexity index is 87.1. The minimum absolute atomic E-state index is 0.327. The van der Waals surface area contributed by atoms with E-state index in [-0.39, 0.29) is 0 Å². The predicted molar refractivity (Wildman–Crippen MR) is 33.7 cm³/mol. The number of hydrogen-bond acceptors (Lipinski definition) is 3. The highest BCUT2D eigenvalue weighted by atomic mass is 16.6. The van der Waals surface area contributed by atoms with E-state index in [9.17, 15) is 0 Å². The maximum atomic E-state index is 5.28. The molecule has 2 unspecified atom stereocenters. The average Bonchev–Trinajstić information content (AvgIpc) is 2.18. The molecule has 1 aliphatic rings. The monoisotopic (exact) mass is 131 g/mol. The van der Waals surface area contributed by atoms with Gasteiger partial charge in [-0.25, -0.2) is 5.90 Å². The van der Waals surface area contributed by atoms with Gasteiger partial charge in [-0.3, -0.25) is 0 Å². The van der Waals surface area contributed by atoms with Gasteiger partial charge in [0.2, 0.25) is 0 Å². The van der Waals surface area contributed by atoms with Gasteiger partial charge in [0.15, 0.2) is 0 Å². The van der Waals surface area contributed by atoms with E-state index in [4.69, 9.17) is 10.6 Å². The summed E-state index contributed by atoms with van der Waals surface area (Å²) in [5.74, 6) is 5.42. The summed E-state index contributed by atoms with van der Waals surface area (Å²) in [6, 6.07) is 0. The molecule has 1 saturated heterocycles. The molecule has 54 valence electrons. The van der Waals surface area contributed by atoms with Crippen LogP contribution in [0.3, 0.4) is 0 Å². The summed E-state index contributed by atoms with van der Waals surface area (Å²) < 4.78 is 5.28. The highest BCUT2D eigenvalue weighted by Gasteiger charge is 2.23. The molecule has 0 saturated carbocycles. The third kappa shape index (κ3) is 1.64. The highest BCUT2D eigenvalue weighted by Crippen LogP contribution is 2.19. The van der Waals surface area contributed by atoms with E-state index in [1.54, 1.807) is 0 Å². The topological polar surface area (TPSA) is 44.5 Å². The van der Waals surface area contributed by atoms with Crippen molar-refractivity contribution in [2.24, 2.45) is 11.8 Å². The van der Waals surface area contributed by atoms with Gasteiger partial charge in [0.25, 0.3) is 0 Å². The predicted octanol–water partition coefficient (Wildman–Crippen LogP) is 0.302. The first-order chi connectivity index (χ1) is 4.34. The maximum Gasteiger partial charge on any atom is 0.0732 e. The summed E-state index contributed by atoms with van der Waals surface area (Å²) in [4.78, 5) is 4.52. The molecule has 0 aromatic carbocycles. The summed E-state index contributed by atoms with van der Waals surface area (Å²) in [5, 5.41) is 0. The molecular formula is C6H13NO2. The zero-order valence-electron chi connectivity index (χ0n) is 5.67. The molecule has 1 heterocycles. The maximum absolute atomic E-state index is 5.28. The second-order valence-electron chi connectivity index (χ2n) is 2.46. The van der Waals surface area contributed by atoms with Crippen LogP contribution in [0.2, 0.25) is 0 Å². The van der Waals surface area contributed by atoms with Gasteiger partial charge in [0.05, 0.1) is 12.7 Å². The summed E-state index contributed by atoms with van der Waals surface area (Å²) in [6.07, 6.45) is 1.41. The second-order valence-corrected chi connectivity index (χ2v) is 2.46. The van der Waals surface area contributed by atoms with Crippen LogP contribution < -0.4 is 5.90 Å². The van der Waals surface area contributed by atoms with Crippen LogP contribution >= 0.6 is 0 Å². The van der Waals surface area contributed by atoms with Crippen molar-refractivity contribution in [2.75, 3.05) is 13.2 Å². The molecule has 0 aromatic heterocycles. The van der Waals surface area contributed by atoms with E-state index in [1.165, 1.54) is 0 Å². The Labute approximate surface area is 55.1 Å². The third-order valence-electron chi connectivity index (χ3n) is 1.84. The quantitative estimate of drug-likeness (QED) is 0.548. The van der Waals surface area contributed by atoms with Gasteiger partial charge in [0, 0.05) is 12.5 Å². The second kappa shape index (κ2) is 3.15. The van der Waals surface area contributed by atoms with Crippen molar-refractivity contribution in [1.82, 2.24) is 0 Å². The zero-order chi connectivity index (χ0) is 6.69. The molecule has 1 rings (SSSR count). The third-order valence-corrected chi connectivity index (χ3v) is 1.84. The largest absolute Gasteiger partial charge is 0.378 e. The van der Waals surface area contributed by atoms with E-state index in [2.05, 4.69) is 11.8 Å². The van der Waals surface area contributed by atoms with Crippen LogP contribution in [0, 0.1) is 5.92 Å². The number of ether oxygens (including phenoxy) is 1. The van der Waals surface area contributed by atoms with E-state index < -0.39 is 0 Å². The first kappa shape index (κ1) is 6.99. The number of nitrogens with two attached hydrogens (primary N) is 1. The van der Waals surface area contributed by atoms with Gasteiger partial charge in [0.1, 0.15) is 0 Å². The Morgan fingerprint density at radius 3 is 3.00 bits per heavy atom. The van der Waals surface area contributed by atoms with Gasteiger partial charge in [-0.15, -0.1) is 0 Å². The van der Waals surface area contributed by atoms with Gasteiger partial charge >= 0.3 is 0 Å². The molecule has 0 aliphatic carbocycles. The first-order valence-electron chi connectivity index (χ1n) is 3.28. The van der Waals surface area contributed by atoms with Gasteiger partial charge < -0.3 is 9.57 Å². The Hall–Kier alpha value is -0.120. The van der Waals surface area contributed by atoms with Crippen molar-refractivity contribution in [3.8, 4) is 0 Å². The molecule has 0 bridgehead atoms. The molecule has 3 heteroatoms. The van der Waals surface area contributed by atoms with Crippen molar-refractivity contribution >= 4 is 0 Å². The normalized spacial score (nSPS) is 35.3. The number of rotatable bonds is 2. The van der Waals surface area contributed by atoms with Gasteiger partial charge in [-0.2, -0.15) is 0 Å². The average molecular weight is 131 g/mol. The van der Waals surface area contributed by atoms with Crippen LogP contribution in [0.4, 0.5) is 0 Å². The first-order valence-corrected chi connectivity index (χ1v) is 3.28. The van der Waals surface area contributed by atoms with E-state index in [1.807, 2.05) is 0 Å². The number of hydrogen-bond donors (Lipinski definition) is 1. The highest BCUT2D eigenvalue weighted by molar-refractivity contribution is 4.71. The van der Waals surface area contributed by atoms with Crippen LogP contribution in [-0.4, -0.2) is 19.3 Å². The molecule has 1 fully saturated rings. The minimum atomic E-state index is 0.327. The molecular weight excluding hydrogens is 118 g/mol. The summed E-state index contributed by atoms with van der Waals surface area (Å²) in [6.45, 7) is 3.53. The molecule has 9 heavy (non-hydrogen) atoms. The Balaban J connectivity index is 2.22. The Morgan fingerprint density at radius 2 is 2.56 bits per heavy atom. The van der Waals surface area contributed by atoms with E-state index >= 15 is 0 Å². The fraction of sp³-hybridized carbons (Fsp3) is 1.00. The fourth-order valence-electron chi connectivity index (χ4n) is 1.12. The lowest BCUT2D eigenvalue weighted by atomic mass is 10.1. The van der Waals surface area contributed by atoms with Crippen molar-refractivity contribution in [3.63, 3.8) is 0 Å². The van der Waals surface area contributed by atoms with Crippen LogP contribution in [-0.2, 0) is 9.57 Å². The smallest absolute Gasteiger partial charge is 0.0732 e. The molecule has 2 N–H and O–H groups in total. The van der Waals surface area contributed by atoms with Crippen molar-refractivity contribution in [3.05, 3.63) is 0 Å². The lowest BCUT2D eigenvalue weighted by Gasteiger charge is -2.10. The minimum Gasteiger partial charge on any atom is -0.378 e. The molecule has 0 radical (unpaired) electrons.